The zero-order valence-electron chi connectivity index (χ0n) is 6.82. The van der Waals surface area contributed by atoms with Gasteiger partial charge in [-0.2, -0.15) is 5.10 Å². The number of hydrogen-bond acceptors (Lipinski definition) is 3. The first-order valence-electron chi connectivity index (χ1n) is 3.58. The molecule has 0 saturated carbocycles. The molecule has 1 aromatic rings. The zero-order valence-corrected chi connectivity index (χ0v) is 6.82. The van der Waals surface area contributed by atoms with Crippen molar-refractivity contribution >= 4 is 5.91 Å². The molecule has 0 aliphatic carbocycles. The lowest BCUT2D eigenvalue weighted by molar-refractivity contribution is -0.124. The predicted octanol–water partition coefficient (Wildman–Crippen LogP) is -0.971. The Bertz CT molecular complexity index is 269. The van der Waals surface area contributed by atoms with Crippen LogP contribution in [0.1, 0.15) is 5.69 Å². The molecule has 0 aromatic carbocycles. The Kier molecular flexibility index (Phi) is 2.82. The normalized spacial score (nSPS) is 9.83. The molecular formula is C7H11N3O2. The van der Waals surface area contributed by atoms with Crippen molar-refractivity contribution in [3.63, 3.8) is 0 Å². The smallest absolute Gasteiger partial charge is 0.246 e. The van der Waals surface area contributed by atoms with Crippen molar-refractivity contribution in [1.29, 1.82) is 0 Å². The van der Waals surface area contributed by atoms with Crippen LogP contribution in [0.15, 0.2) is 12.3 Å². The van der Waals surface area contributed by atoms with Crippen LogP contribution in [0.4, 0.5) is 0 Å². The van der Waals surface area contributed by atoms with Gasteiger partial charge < -0.3 is 10.4 Å². The van der Waals surface area contributed by atoms with Crippen molar-refractivity contribution in [2.45, 2.75) is 6.54 Å². The molecule has 0 unspecified atom stereocenters. The van der Waals surface area contributed by atoms with E-state index in [1.54, 1.807) is 24.0 Å². The highest BCUT2D eigenvalue weighted by Crippen LogP contribution is 1.94. The first-order valence-corrected chi connectivity index (χ1v) is 3.58. The minimum absolute atomic E-state index is 0.379. The molecule has 66 valence electrons. The molecule has 0 radical (unpaired) electrons. The molecule has 1 aromatic heterocycles. The second-order valence-electron chi connectivity index (χ2n) is 2.38. The number of amides is 1. The third kappa shape index (κ3) is 2.06. The van der Waals surface area contributed by atoms with E-state index in [4.69, 9.17) is 5.11 Å². The summed E-state index contributed by atoms with van der Waals surface area (Å²) in [5.41, 5.74) is 0.900. The van der Waals surface area contributed by atoms with Crippen LogP contribution in [0.5, 0.6) is 0 Å². The number of nitrogens with one attached hydrogen (secondary N) is 1. The summed E-state index contributed by atoms with van der Waals surface area (Å²) in [4.78, 5) is 10.6. The van der Waals surface area contributed by atoms with Gasteiger partial charge in [-0.05, 0) is 6.07 Å². The largest absolute Gasteiger partial charge is 0.387 e. The van der Waals surface area contributed by atoms with E-state index in [2.05, 4.69) is 10.4 Å². The van der Waals surface area contributed by atoms with Gasteiger partial charge in [0, 0.05) is 13.2 Å². The van der Waals surface area contributed by atoms with Crippen LogP contribution in [0.25, 0.3) is 0 Å². The maximum absolute atomic E-state index is 10.6. The van der Waals surface area contributed by atoms with Crippen LogP contribution in [-0.4, -0.2) is 27.4 Å². The molecule has 1 amide bonds. The molecule has 2 N–H and O–H groups in total. The van der Waals surface area contributed by atoms with Crippen LogP contribution in [0.3, 0.4) is 0 Å². The summed E-state index contributed by atoms with van der Waals surface area (Å²) in [6.45, 7) is -0.0757. The molecule has 12 heavy (non-hydrogen) atoms. The van der Waals surface area contributed by atoms with Crippen LogP contribution in [0.2, 0.25) is 0 Å². The number of hydrogen-bond donors (Lipinski definition) is 2. The number of rotatable bonds is 3. The Morgan fingerprint density at radius 3 is 3.08 bits per heavy atom. The van der Waals surface area contributed by atoms with Gasteiger partial charge in [0.15, 0.2) is 0 Å². The second kappa shape index (κ2) is 3.87. The van der Waals surface area contributed by atoms with Crippen molar-refractivity contribution in [3.05, 3.63) is 18.0 Å². The Morgan fingerprint density at radius 2 is 2.58 bits per heavy atom. The number of carbonyl (C=O) groups excluding carboxylic acids is 1. The summed E-state index contributed by atoms with van der Waals surface area (Å²) < 4.78 is 1.66. The van der Waals surface area contributed by atoms with Gasteiger partial charge in [0.2, 0.25) is 5.91 Å². The number of aliphatic hydroxyl groups is 1. The summed E-state index contributed by atoms with van der Waals surface area (Å²) in [5.74, 6) is -0.379. The van der Waals surface area contributed by atoms with Gasteiger partial charge in [-0.25, -0.2) is 0 Å². The van der Waals surface area contributed by atoms with E-state index < -0.39 is 6.61 Å². The van der Waals surface area contributed by atoms with Crippen molar-refractivity contribution < 1.29 is 9.90 Å². The lowest BCUT2D eigenvalue weighted by Gasteiger charge is -2.02. The van der Waals surface area contributed by atoms with Gasteiger partial charge in [0.05, 0.1) is 12.2 Å². The van der Waals surface area contributed by atoms with E-state index >= 15 is 0 Å². The monoisotopic (exact) mass is 169 g/mol. The quantitative estimate of drug-likeness (QED) is 0.611. The standard InChI is InChI=1S/C7H11N3O2/c1-10-6(2-3-9-10)4-8-7(12)5-11/h2-3,11H,4-5H2,1H3,(H,8,12). The van der Waals surface area contributed by atoms with Gasteiger partial charge in [0.1, 0.15) is 6.61 Å². The first kappa shape index (κ1) is 8.73. The fourth-order valence-corrected chi connectivity index (χ4v) is 0.820. The van der Waals surface area contributed by atoms with Gasteiger partial charge in [0.25, 0.3) is 0 Å². The SMILES string of the molecule is Cn1nccc1CNC(=O)CO. The van der Waals surface area contributed by atoms with Crippen molar-refractivity contribution in [1.82, 2.24) is 15.1 Å². The zero-order chi connectivity index (χ0) is 8.97. The molecule has 0 saturated heterocycles. The molecule has 5 nitrogen and oxygen atoms in total. The summed E-state index contributed by atoms with van der Waals surface area (Å²) in [7, 11) is 1.79. The van der Waals surface area contributed by atoms with E-state index in [1.165, 1.54) is 0 Å². The molecule has 0 atom stereocenters. The number of aryl methyl sites for hydroxylation is 1. The predicted molar refractivity (Wildman–Crippen MR) is 42.1 cm³/mol. The van der Waals surface area contributed by atoms with Gasteiger partial charge in [-0.1, -0.05) is 0 Å². The van der Waals surface area contributed by atoms with Crippen LogP contribution >= 0.6 is 0 Å². The third-order valence-electron chi connectivity index (χ3n) is 1.53. The lowest BCUT2D eigenvalue weighted by atomic mass is 10.4. The van der Waals surface area contributed by atoms with E-state index in [9.17, 15) is 4.79 Å². The summed E-state index contributed by atoms with van der Waals surface area (Å²) in [5, 5.41) is 14.8. The molecule has 1 heterocycles. The average Bonchev–Trinajstić information content (AvgIpc) is 2.47. The maximum Gasteiger partial charge on any atom is 0.246 e. The fraction of sp³-hybridized carbons (Fsp3) is 0.429. The molecule has 1 rings (SSSR count). The molecule has 0 spiro atoms. The van der Waals surface area contributed by atoms with E-state index in [0.29, 0.717) is 6.54 Å². The third-order valence-corrected chi connectivity index (χ3v) is 1.53. The van der Waals surface area contributed by atoms with E-state index in [0.717, 1.165) is 5.69 Å². The second-order valence-corrected chi connectivity index (χ2v) is 2.38. The Hall–Kier alpha value is -1.36. The highest BCUT2D eigenvalue weighted by atomic mass is 16.3. The van der Waals surface area contributed by atoms with Crippen LogP contribution in [0, 0.1) is 0 Å². The van der Waals surface area contributed by atoms with E-state index in [-0.39, 0.29) is 5.91 Å². The van der Waals surface area contributed by atoms with E-state index in [1.807, 2.05) is 0 Å². The summed E-state index contributed by atoms with van der Waals surface area (Å²) >= 11 is 0. The summed E-state index contributed by atoms with van der Waals surface area (Å²) in [6, 6.07) is 1.80. The van der Waals surface area contributed by atoms with Crippen molar-refractivity contribution in [2.75, 3.05) is 6.61 Å². The number of aliphatic hydroxyl groups excluding tert-OH is 1. The molecule has 0 aliphatic heterocycles. The van der Waals surface area contributed by atoms with Gasteiger partial charge in [-0.15, -0.1) is 0 Å². The molecule has 0 aliphatic rings. The molecular weight excluding hydrogens is 158 g/mol. The van der Waals surface area contributed by atoms with Gasteiger partial charge in [-0.3, -0.25) is 9.48 Å². The lowest BCUT2D eigenvalue weighted by Crippen LogP contribution is -2.26. The fourth-order valence-electron chi connectivity index (χ4n) is 0.820. The van der Waals surface area contributed by atoms with Crippen molar-refractivity contribution in [2.24, 2.45) is 7.05 Å². The van der Waals surface area contributed by atoms with Crippen LogP contribution < -0.4 is 5.32 Å². The first-order chi connectivity index (χ1) is 5.74. The number of carbonyl (C=O) groups is 1. The number of nitrogens with zero attached hydrogens (tertiary/aromatic N) is 2. The van der Waals surface area contributed by atoms with Crippen molar-refractivity contribution in [3.8, 4) is 0 Å². The maximum atomic E-state index is 10.6. The topological polar surface area (TPSA) is 67.2 Å². The Balaban J connectivity index is 2.43. The minimum Gasteiger partial charge on any atom is -0.387 e. The highest BCUT2D eigenvalue weighted by molar-refractivity contribution is 5.76. The van der Waals surface area contributed by atoms with Crippen LogP contribution in [-0.2, 0) is 18.4 Å². The minimum atomic E-state index is -0.474. The molecule has 5 heteroatoms. The Labute approximate surface area is 70.0 Å². The summed E-state index contributed by atoms with van der Waals surface area (Å²) in [6.07, 6.45) is 1.65. The van der Waals surface area contributed by atoms with Gasteiger partial charge >= 0.3 is 0 Å². The number of aromatic nitrogens is 2. The molecule has 0 bridgehead atoms. The average molecular weight is 169 g/mol. The molecule has 0 fully saturated rings. The highest BCUT2D eigenvalue weighted by Gasteiger charge is 2.00. The Morgan fingerprint density at radius 1 is 1.83 bits per heavy atom.